The number of benzene rings is 1. The summed E-state index contributed by atoms with van der Waals surface area (Å²) in [7, 11) is 3.03. The van der Waals surface area contributed by atoms with Crippen molar-refractivity contribution in [3.63, 3.8) is 0 Å². The quantitative estimate of drug-likeness (QED) is 0.901. The predicted octanol–water partition coefficient (Wildman–Crippen LogP) is 1.95. The Bertz CT molecular complexity index is 722. The highest BCUT2D eigenvalue weighted by Crippen LogP contribution is 2.29. The van der Waals surface area contributed by atoms with E-state index in [0.29, 0.717) is 22.7 Å². The lowest BCUT2D eigenvalue weighted by Gasteiger charge is -2.12. The Kier molecular flexibility index (Phi) is 4.27. The van der Waals surface area contributed by atoms with Gasteiger partial charge in [-0.1, -0.05) is 0 Å². The summed E-state index contributed by atoms with van der Waals surface area (Å²) in [5.74, 6) is 0.555. The third-order valence-electron chi connectivity index (χ3n) is 3.05. The van der Waals surface area contributed by atoms with Gasteiger partial charge in [0.1, 0.15) is 17.1 Å². The van der Waals surface area contributed by atoms with Gasteiger partial charge in [0.05, 0.1) is 19.9 Å². The minimum Gasteiger partial charge on any atom is -0.497 e. The fourth-order valence-electron chi connectivity index (χ4n) is 1.96. The molecular weight excluding hydrogens is 272 g/mol. The first kappa shape index (κ1) is 14.6. The van der Waals surface area contributed by atoms with Crippen LogP contribution in [0.1, 0.15) is 15.9 Å². The van der Waals surface area contributed by atoms with Crippen LogP contribution in [0, 0.1) is 6.92 Å². The molecule has 0 aliphatic carbocycles. The molecule has 1 amide bonds. The minimum atomic E-state index is -0.499. The maximum atomic E-state index is 12.3. The summed E-state index contributed by atoms with van der Waals surface area (Å²) in [6, 6.07) is 6.69. The second-order valence-corrected chi connectivity index (χ2v) is 4.39. The number of carbonyl (C=O) groups excluding carboxylic acids is 1. The third kappa shape index (κ3) is 3.05. The number of anilines is 1. The summed E-state index contributed by atoms with van der Waals surface area (Å²) in [6.45, 7) is 1.70. The molecule has 0 spiro atoms. The number of hydrogen-bond donors (Lipinski definition) is 2. The van der Waals surface area contributed by atoms with E-state index >= 15 is 0 Å². The molecule has 0 saturated heterocycles. The van der Waals surface area contributed by atoms with E-state index in [-0.39, 0.29) is 5.56 Å². The predicted molar refractivity (Wildman–Crippen MR) is 79.3 cm³/mol. The van der Waals surface area contributed by atoms with Crippen molar-refractivity contribution in [1.82, 2.24) is 4.98 Å². The van der Waals surface area contributed by atoms with E-state index in [2.05, 4.69) is 10.3 Å². The highest BCUT2D eigenvalue weighted by Gasteiger charge is 2.16. The van der Waals surface area contributed by atoms with Gasteiger partial charge in [0, 0.05) is 12.3 Å². The molecule has 110 valence electrons. The zero-order valence-electron chi connectivity index (χ0n) is 12.0. The van der Waals surface area contributed by atoms with Crippen molar-refractivity contribution in [2.24, 2.45) is 0 Å². The summed E-state index contributed by atoms with van der Waals surface area (Å²) in [4.78, 5) is 26.6. The summed E-state index contributed by atoms with van der Waals surface area (Å²) in [6.07, 6.45) is 1.50. The molecule has 0 atom stereocenters. The Morgan fingerprint density at radius 3 is 2.57 bits per heavy atom. The van der Waals surface area contributed by atoms with Gasteiger partial charge in [0.15, 0.2) is 0 Å². The van der Waals surface area contributed by atoms with Gasteiger partial charge < -0.3 is 19.8 Å². The Morgan fingerprint density at radius 2 is 1.95 bits per heavy atom. The van der Waals surface area contributed by atoms with Gasteiger partial charge >= 0.3 is 0 Å². The summed E-state index contributed by atoms with van der Waals surface area (Å²) in [5, 5.41) is 2.67. The number of amides is 1. The van der Waals surface area contributed by atoms with Crippen LogP contribution in [-0.4, -0.2) is 25.1 Å². The van der Waals surface area contributed by atoms with Crippen LogP contribution in [0.15, 0.2) is 35.3 Å². The SMILES string of the molecule is COc1ccc(OC)c(NC(=O)c2c(C)cc[nH]c2=O)c1. The Labute approximate surface area is 121 Å². The molecule has 2 rings (SSSR count). The van der Waals surface area contributed by atoms with Crippen LogP contribution in [0.25, 0.3) is 0 Å². The number of methoxy groups -OCH3 is 2. The smallest absolute Gasteiger partial charge is 0.261 e. The molecule has 0 radical (unpaired) electrons. The molecule has 0 aliphatic heterocycles. The van der Waals surface area contributed by atoms with E-state index < -0.39 is 11.5 Å². The van der Waals surface area contributed by atoms with Crippen molar-refractivity contribution in [3.05, 3.63) is 51.9 Å². The molecule has 1 aromatic heterocycles. The van der Waals surface area contributed by atoms with Crippen LogP contribution >= 0.6 is 0 Å². The molecular formula is C15H16N2O4. The van der Waals surface area contributed by atoms with Gasteiger partial charge in [-0.3, -0.25) is 9.59 Å². The minimum absolute atomic E-state index is 0.0716. The van der Waals surface area contributed by atoms with Crippen molar-refractivity contribution in [3.8, 4) is 11.5 Å². The first-order chi connectivity index (χ1) is 10.1. The van der Waals surface area contributed by atoms with E-state index in [1.807, 2.05) is 0 Å². The topological polar surface area (TPSA) is 80.4 Å². The Morgan fingerprint density at radius 1 is 1.19 bits per heavy atom. The fourth-order valence-corrected chi connectivity index (χ4v) is 1.96. The van der Waals surface area contributed by atoms with Gasteiger partial charge in [0.25, 0.3) is 11.5 Å². The summed E-state index contributed by atoms with van der Waals surface area (Å²) >= 11 is 0. The summed E-state index contributed by atoms with van der Waals surface area (Å²) < 4.78 is 10.3. The maximum absolute atomic E-state index is 12.3. The van der Waals surface area contributed by atoms with Gasteiger partial charge in [-0.05, 0) is 30.7 Å². The fraction of sp³-hybridized carbons (Fsp3) is 0.200. The van der Waals surface area contributed by atoms with Crippen molar-refractivity contribution in [2.45, 2.75) is 6.92 Å². The molecule has 21 heavy (non-hydrogen) atoms. The normalized spacial score (nSPS) is 10.0. The van der Waals surface area contributed by atoms with Crippen LogP contribution in [0.4, 0.5) is 5.69 Å². The van der Waals surface area contributed by atoms with E-state index in [1.165, 1.54) is 20.4 Å². The van der Waals surface area contributed by atoms with E-state index in [4.69, 9.17) is 9.47 Å². The second kappa shape index (κ2) is 6.13. The molecule has 2 N–H and O–H groups in total. The number of rotatable bonds is 4. The highest BCUT2D eigenvalue weighted by molar-refractivity contribution is 6.05. The number of ether oxygens (including phenoxy) is 2. The lowest BCUT2D eigenvalue weighted by Crippen LogP contribution is -2.24. The number of hydrogen-bond acceptors (Lipinski definition) is 4. The molecule has 0 saturated carbocycles. The van der Waals surface area contributed by atoms with Crippen LogP contribution in [-0.2, 0) is 0 Å². The average Bonchev–Trinajstić information content (AvgIpc) is 2.47. The van der Waals surface area contributed by atoms with E-state index in [0.717, 1.165) is 0 Å². The van der Waals surface area contributed by atoms with Crippen molar-refractivity contribution in [2.75, 3.05) is 19.5 Å². The van der Waals surface area contributed by atoms with Crippen LogP contribution in [0.3, 0.4) is 0 Å². The molecule has 1 heterocycles. The average molecular weight is 288 g/mol. The number of aromatic amines is 1. The highest BCUT2D eigenvalue weighted by atomic mass is 16.5. The maximum Gasteiger partial charge on any atom is 0.261 e. The van der Waals surface area contributed by atoms with E-state index in [9.17, 15) is 9.59 Å². The number of pyridine rings is 1. The standard InChI is InChI=1S/C15H16N2O4/c1-9-6-7-16-14(18)13(9)15(19)17-11-8-10(20-2)4-5-12(11)21-3/h4-8H,1-3H3,(H,16,18)(H,17,19). The Balaban J connectivity index is 2.37. The number of nitrogens with one attached hydrogen (secondary N) is 2. The zero-order valence-corrected chi connectivity index (χ0v) is 12.0. The molecule has 0 unspecified atom stereocenters. The van der Waals surface area contributed by atoms with Crippen molar-refractivity contribution in [1.29, 1.82) is 0 Å². The zero-order chi connectivity index (χ0) is 15.4. The molecule has 6 nitrogen and oxygen atoms in total. The van der Waals surface area contributed by atoms with Gasteiger partial charge in [0.2, 0.25) is 0 Å². The van der Waals surface area contributed by atoms with Crippen molar-refractivity contribution >= 4 is 11.6 Å². The lowest BCUT2D eigenvalue weighted by molar-refractivity contribution is 0.102. The first-order valence-corrected chi connectivity index (χ1v) is 6.28. The number of carbonyl (C=O) groups is 1. The second-order valence-electron chi connectivity index (χ2n) is 4.39. The van der Waals surface area contributed by atoms with Crippen LogP contribution in [0.5, 0.6) is 11.5 Å². The van der Waals surface area contributed by atoms with Crippen molar-refractivity contribution < 1.29 is 14.3 Å². The molecule has 2 aromatic rings. The van der Waals surface area contributed by atoms with Gasteiger partial charge in [-0.2, -0.15) is 0 Å². The van der Waals surface area contributed by atoms with Crippen LogP contribution in [0.2, 0.25) is 0 Å². The third-order valence-corrected chi connectivity index (χ3v) is 3.05. The van der Waals surface area contributed by atoms with Gasteiger partial charge in [-0.25, -0.2) is 0 Å². The lowest BCUT2D eigenvalue weighted by atomic mass is 10.1. The number of aromatic nitrogens is 1. The number of aryl methyl sites for hydroxylation is 1. The monoisotopic (exact) mass is 288 g/mol. The molecule has 1 aromatic carbocycles. The summed E-state index contributed by atoms with van der Waals surface area (Å²) in [5.41, 5.74) is 0.666. The Hall–Kier alpha value is -2.76. The first-order valence-electron chi connectivity index (χ1n) is 6.28. The molecule has 6 heteroatoms. The van der Waals surface area contributed by atoms with Crippen LogP contribution < -0.4 is 20.3 Å². The molecule has 0 fully saturated rings. The number of H-pyrrole nitrogens is 1. The van der Waals surface area contributed by atoms with E-state index in [1.54, 1.807) is 31.2 Å². The van der Waals surface area contributed by atoms with Gasteiger partial charge in [-0.15, -0.1) is 0 Å². The molecule has 0 aliphatic rings. The molecule has 0 bridgehead atoms. The largest absolute Gasteiger partial charge is 0.497 e.